The first-order valence-corrected chi connectivity index (χ1v) is 34.1. The number of likely N-dealkylation sites (tertiary alicyclic amines) is 2. The van der Waals surface area contributed by atoms with Gasteiger partial charge >= 0.3 is 41.5 Å². The van der Waals surface area contributed by atoms with Crippen molar-refractivity contribution in [3.8, 4) is 0 Å². The van der Waals surface area contributed by atoms with Crippen LogP contribution in [0.4, 0.5) is 31.5 Å². The number of imidazole rings is 2. The number of rotatable bonds is 7. The molecule has 2 aromatic heterocycles. The summed E-state index contributed by atoms with van der Waals surface area (Å²) < 4.78 is 40.6. The average Bonchev–Trinajstić information content (AvgIpc) is 1.52. The van der Waals surface area contributed by atoms with Gasteiger partial charge in [-0.25, -0.2) is 38.1 Å². The number of piperidine rings is 1. The predicted octanol–water partition coefficient (Wildman–Crippen LogP) is 10.6. The fraction of sp³-hybridized carbons (Fsp3) is 0.394. The first kappa shape index (κ1) is 68.7. The van der Waals surface area contributed by atoms with Crippen LogP contribution in [0.2, 0.25) is 20.1 Å². The number of anilines is 4. The Balaban J connectivity index is 0.000000148. The van der Waals surface area contributed by atoms with Crippen LogP contribution in [0, 0.1) is 23.5 Å². The summed E-state index contributed by atoms with van der Waals surface area (Å²) in [5.74, 6) is -1.68. The Hall–Kier alpha value is -6.79. The van der Waals surface area contributed by atoms with Crippen molar-refractivity contribution in [2.75, 3.05) is 47.4 Å². The number of aryl methyl sites for hydroxylation is 2. The molecule has 8 aromatic rings. The Morgan fingerprint density at radius 2 is 1.03 bits per heavy atom. The van der Waals surface area contributed by atoms with E-state index in [1.54, 1.807) is 36.4 Å². The van der Waals surface area contributed by atoms with Gasteiger partial charge in [0.15, 0.2) is 0 Å². The molecular formula is C71H69BCl4F2N10NaO8. The van der Waals surface area contributed by atoms with Crippen molar-refractivity contribution in [2.45, 2.75) is 138 Å². The normalized spacial score (nSPS) is 24.7. The van der Waals surface area contributed by atoms with E-state index >= 15 is 8.78 Å². The van der Waals surface area contributed by atoms with Gasteiger partial charge in [-0.3, -0.25) is 24.2 Å². The van der Waals surface area contributed by atoms with Crippen LogP contribution in [-0.2, 0) is 62.6 Å². The topological polar surface area (TPSA) is 208 Å². The van der Waals surface area contributed by atoms with Crippen LogP contribution in [0.3, 0.4) is 0 Å². The Labute approximate surface area is 602 Å². The van der Waals surface area contributed by atoms with Crippen LogP contribution in [0.1, 0.15) is 136 Å². The standard InChI is InChI=1S/C35H34Cl2FN5O.C30H26Cl2FN5O.C4H6O4.C2H3BO2.Na/c36-21-9-11-24-26(17-21)40-34(44)35(24)31(23-5-4-6-25(37)32(23)38)30-29(43(35)19-20-7-8-20)13-16-42-28-12-10-22(18-27(28)39-33(30)42)41-14-2-1-3-15-41;31-16-6-8-19-21(12-16)36-29(39)30(19)26(18-2-1-3-20(32)27(18)33)25-24(38(30)14-15-4-5-15)10-11-37-23-9-7-17(34)13-22(23)35-28(25)37;1-3(5)7-8-4(2)6;1-2(4)5-3;/h4-6,9-12,17-18,20,29-31H,1-3,7-8,13-16,19H2,(H,40,44);1-3,6-9,12-13,15,24-26H,4-5,10-11,14,34H2,(H,36,39);1-2H3;1H3;/q;;;-1;+1/t29-,30+,31-,35+;24-,25+,26-,30+;;;/m00.../s1. The number of carbonyl (C=O) groups is 5. The molecule has 97 heavy (non-hydrogen) atoms. The monoisotopic (exact) mass is 1400 g/mol. The molecule has 7 aliphatic heterocycles. The predicted molar refractivity (Wildman–Crippen MR) is 364 cm³/mol. The number of nitrogens with one attached hydrogen (secondary N) is 2. The van der Waals surface area contributed by atoms with Crippen molar-refractivity contribution < 1.29 is 76.7 Å². The van der Waals surface area contributed by atoms with Gasteiger partial charge in [-0.1, -0.05) is 82.8 Å². The molecule has 2 amide bonds. The maximum Gasteiger partial charge on any atom is 1.00 e. The summed E-state index contributed by atoms with van der Waals surface area (Å²) in [5, 5.41) is 7.53. The molecule has 0 unspecified atom stereocenters. The van der Waals surface area contributed by atoms with Crippen molar-refractivity contribution >= 4 is 129 Å². The number of carbonyl (C=O) groups excluding carboxylic acids is 5. The maximum atomic E-state index is 16.3. The summed E-state index contributed by atoms with van der Waals surface area (Å²) in [5.41, 5.74) is 13.6. The van der Waals surface area contributed by atoms with E-state index in [1.807, 2.05) is 54.6 Å². The number of benzene rings is 6. The summed E-state index contributed by atoms with van der Waals surface area (Å²) in [7, 11) is 4.32. The van der Waals surface area contributed by atoms with Gasteiger partial charge < -0.3 is 43.1 Å². The van der Waals surface area contributed by atoms with Crippen LogP contribution in [0.15, 0.2) is 109 Å². The summed E-state index contributed by atoms with van der Waals surface area (Å²) in [6, 6.07) is 34.0. The zero-order chi connectivity index (χ0) is 67.2. The second-order valence-corrected chi connectivity index (χ2v) is 28.2. The molecule has 2 aliphatic carbocycles. The molecule has 2 saturated carbocycles. The van der Waals surface area contributed by atoms with Crippen LogP contribution < -0.4 is 50.8 Å². The molecule has 9 aliphatic rings. The van der Waals surface area contributed by atoms with E-state index in [9.17, 15) is 24.0 Å². The summed E-state index contributed by atoms with van der Waals surface area (Å²) in [4.78, 5) is 83.6. The number of fused-ring (bicyclic) bond motifs is 14. The van der Waals surface area contributed by atoms with Gasteiger partial charge in [0.1, 0.15) is 34.4 Å². The van der Waals surface area contributed by atoms with Crippen molar-refractivity contribution in [1.82, 2.24) is 28.9 Å². The Morgan fingerprint density at radius 3 is 1.46 bits per heavy atom. The van der Waals surface area contributed by atoms with E-state index in [1.165, 1.54) is 31.9 Å². The number of nitrogens with zero attached hydrogens (tertiary/aromatic N) is 7. The van der Waals surface area contributed by atoms with Gasteiger partial charge in [0.25, 0.3) is 0 Å². The molecule has 5 fully saturated rings. The molecular weight excluding hydrogens is 1330 g/mol. The number of aromatic nitrogens is 4. The quantitative estimate of drug-likeness (QED) is 0.0587. The fourth-order valence-electron chi connectivity index (χ4n) is 16.7. The molecule has 6 aromatic carbocycles. The van der Waals surface area contributed by atoms with E-state index in [-0.39, 0.29) is 75.3 Å². The first-order chi connectivity index (χ1) is 46.2. The second-order valence-electron chi connectivity index (χ2n) is 26.5. The summed E-state index contributed by atoms with van der Waals surface area (Å²) in [6.45, 7) is 8.76. The number of amides is 2. The minimum absolute atomic E-state index is 0. The number of nitrogens with two attached hydrogens (primary N) is 1. The van der Waals surface area contributed by atoms with Gasteiger partial charge in [-0.05, 0) is 154 Å². The largest absolute Gasteiger partial charge is 1.00 e. The molecule has 9 heterocycles. The summed E-state index contributed by atoms with van der Waals surface area (Å²) in [6.07, 6.45) is 9.92. The van der Waals surface area contributed by atoms with Gasteiger partial charge in [0.05, 0.1) is 32.1 Å². The SMILES string of the molecule is CC(=O)OOC(C)=O.Nc1ccc2c(c1)nc1n2CC[C@H]2[C@@H]1[C@H](c1cccc(Cl)c1F)[C@]1(C(=O)Nc3cc(Cl)ccc31)N2CC1CC1.O=C1Nc2cc(Cl)ccc2[C@@]12[C@@H](c1cccc(Cl)c1F)[C@@H]1c3nc4cc(N5CCCCC5)ccc4n3CC[C@@H]1N2CC1CC1.[B-]OC(C)=O.[Na+]. The number of nitrogen functional groups attached to an aromatic ring is 1. The van der Waals surface area contributed by atoms with Crippen molar-refractivity contribution in [3.63, 3.8) is 0 Å². The van der Waals surface area contributed by atoms with Crippen LogP contribution in [0.5, 0.6) is 0 Å². The molecule has 8 atom stereocenters. The molecule has 497 valence electrons. The molecule has 3 radical (unpaired) electrons. The number of hydrogen-bond acceptors (Lipinski definition) is 14. The smallest absolute Gasteiger partial charge is 0.793 e. The second kappa shape index (κ2) is 27.4. The average molecular weight is 1400 g/mol. The van der Waals surface area contributed by atoms with Crippen LogP contribution in [-0.4, -0.2) is 105 Å². The van der Waals surface area contributed by atoms with Crippen LogP contribution >= 0.6 is 46.4 Å². The maximum absolute atomic E-state index is 16.3. The minimum Gasteiger partial charge on any atom is -0.793 e. The molecule has 26 heteroatoms. The number of halogens is 6. The molecule has 17 rings (SSSR count). The molecule has 4 N–H and O–H groups in total. The van der Waals surface area contributed by atoms with Crippen molar-refractivity contribution in [2.24, 2.45) is 11.8 Å². The zero-order valence-corrected chi connectivity index (χ0v) is 59.0. The molecule has 0 bridgehead atoms. The van der Waals surface area contributed by atoms with Gasteiger partial charge in [-0.15, -0.1) is 0 Å². The van der Waals surface area contributed by atoms with E-state index < -0.39 is 52.5 Å². The van der Waals surface area contributed by atoms with Gasteiger partial charge in [-0.2, -0.15) is 0 Å². The van der Waals surface area contributed by atoms with Gasteiger partial charge in [0, 0.05) is 140 Å². The number of hydrogen-bond donors (Lipinski definition) is 3. The Bertz CT molecular complexity index is 4460. The van der Waals surface area contributed by atoms with Crippen molar-refractivity contribution in [3.05, 3.63) is 175 Å². The molecule has 2 spiro atoms. The third-order valence-corrected chi connectivity index (χ3v) is 21.7. The first-order valence-electron chi connectivity index (χ1n) is 32.6. The zero-order valence-electron chi connectivity index (χ0n) is 53.9. The Kier molecular flexibility index (Phi) is 19.4. The fourth-order valence-corrected chi connectivity index (χ4v) is 17.4. The van der Waals surface area contributed by atoms with Gasteiger partial charge in [0.2, 0.25) is 17.8 Å². The minimum atomic E-state index is -1.13. The Morgan fingerprint density at radius 1 is 0.588 bits per heavy atom. The van der Waals surface area contributed by atoms with Crippen LogP contribution in [0.25, 0.3) is 22.1 Å². The van der Waals surface area contributed by atoms with Crippen molar-refractivity contribution in [1.29, 1.82) is 0 Å². The molecule has 3 saturated heterocycles. The van der Waals surface area contributed by atoms with E-state index in [0.717, 1.165) is 136 Å². The van der Waals surface area contributed by atoms with E-state index in [4.69, 9.17) is 62.1 Å². The van der Waals surface area contributed by atoms with E-state index in [0.29, 0.717) is 50.1 Å². The summed E-state index contributed by atoms with van der Waals surface area (Å²) >= 11 is 25.7. The third-order valence-electron chi connectivity index (χ3n) is 20.7. The molecule has 18 nitrogen and oxygen atoms in total. The third kappa shape index (κ3) is 12.2. The van der Waals surface area contributed by atoms with E-state index in [2.05, 4.69) is 75.1 Å².